The highest BCUT2D eigenvalue weighted by molar-refractivity contribution is 5.95. The zero-order valence-electron chi connectivity index (χ0n) is 10.7. The van der Waals surface area contributed by atoms with E-state index < -0.39 is 6.09 Å². The van der Waals surface area contributed by atoms with Crippen LogP contribution in [0.25, 0.3) is 10.9 Å². The van der Waals surface area contributed by atoms with Gasteiger partial charge in [0.1, 0.15) is 5.52 Å². The van der Waals surface area contributed by atoms with Gasteiger partial charge in [0.25, 0.3) is 0 Å². The highest BCUT2D eigenvalue weighted by Crippen LogP contribution is 2.33. The third-order valence-corrected chi connectivity index (χ3v) is 2.71. The second kappa shape index (κ2) is 5.57. The third kappa shape index (κ3) is 2.60. The summed E-state index contributed by atoms with van der Waals surface area (Å²) in [5.74, 6) is 0.452. The number of benzene rings is 1. The summed E-state index contributed by atoms with van der Waals surface area (Å²) < 4.78 is 12.1. The number of nitrogens with zero attached hydrogens (tertiary/aromatic N) is 2. The Balaban J connectivity index is 2.52. The number of amides is 1. The van der Waals surface area contributed by atoms with Gasteiger partial charge in [-0.1, -0.05) is 0 Å². The molecule has 0 fully saturated rings. The van der Waals surface area contributed by atoms with Crippen molar-refractivity contribution in [2.45, 2.75) is 6.54 Å². The fourth-order valence-corrected chi connectivity index (χ4v) is 1.91. The van der Waals surface area contributed by atoms with Gasteiger partial charge in [0.2, 0.25) is 0 Å². The van der Waals surface area contributed by atoms with E-state index in [0.717, 1.165) is 10.9 Å². The fraction of sp³-hybridized carbons (Fsp3) is 0.333. The monoisotopic (exact) mass is 265 g/mol. The Morgan fingerprint density at radius 2 is 2.26 bits per heavy atom. The summed E-state index contributed by atoms with van der Waals surface area (Å²) in [6.07, 6.45) is 0.568. The Morgan fingerprint density at radius 3 is 2.89 bits per heavy atom. The molecule has 1 aromatic heterocycles. The lowest BCUT2D eigenvalue weighted by Crippen LogP contribution is -2.10. The van der Waals surface area contributed by atoms with E-state index in [1.807, 2.05) is 0 Å². The van der Waals surface area contributed by atoms with Gasteiger partial charge in [0.05, 0.1) is 32.1 Å². The minimum absolute atomic E-state index is 0.390. The van der Waals surface area contributed by atoms with Crippen molar-refractivity contribution < 1.29 is 19.4 Å². The van der Waals surface area contributed by atoms with Crippen molar-refractivity contribution in [3.05, 3.63) is 18.3 Å². The van der Waals surface area contributed by atoms with Gasteiger partial charge in [-0.15, -0.1) is 0 Å². The Bertz CT molecular complexity index is 594. The van der Waals surface area contributed by atoms with Crippen LogP contribution >= 0.6 is 0 Å². The normalized spacial score (nSPS) is 10.6. The number of rotatable bonds is 5. The SMILES string of the molecule is COCCn1ncc2ccc(NC(=O)O)c(OC)c21. The third-order valence-electron chi connectivity index (χ3n) is 2.71. The van der Waals surface area contributed by atoms with Crippen LogP contribution in [0, 0.1) is 0 Å². The minimum Gasteiger partial charge on any atom is -0.492 e. The average Bonchev–Trinajstić information content (AvgIpc) is 2.79. The predicted octanol–water partition coefficient (Wildman–Crippen LogP) is 1.78. The van der Waals surface area contributed by atoms with Crippen molar-refractivity contribution >= 4 is 22.7 Å². The van der Waals surface area contributed by atoms with Gasteiger partial charge in [-0.25, -0.2) is 4.79 Å². The lowest BCUT2D eigenvalue weighted by Gasteiger charge is -2.11. The molecule has 0 atom stereocenters. The molecule has 2 rings (SSSR count). The van der Waals surface area contributed by atoms with E-state index in [1.165, 1.54) is 7.11 Å². The van der Waals surface area contributed by atoms with E-state index in [0.29, 0.717) is 24.6 Å². The van der Waals surface area contributed by atoms with E-state index >= 15 is 0 Å². The van der Waals surface area contributed by atoms with Crippen LogP contribution in [0.1, 0.15) is 0 Å². The summed E-state index contributed by atoms with van der Waals surface area (Å²) >= 11 is 0. The number of aromatic nitrogens is 2. The maximum Gasteiger partial charge on any atom is 0.409 e. The average molecular weight is 265 g/mol. The molecule has 102 valence electrons. The first-order chi connectivity index (χ1) is 9.17. The van der Waals surface area contributed by atoms with Crippen molar-refractivity contribution in [3.63, 3.8) is 0 Å². The lowest BCUT2D eigenvalue weighted by atomic mass is 10.2. The van der Waals surface area contributed by atoms with Gasteiger partial charge in [0, 0.05) is 12.5 Å². The molecule has 0 spiro atoms. The molecule has 0 saturated carbocycles. The number of nitrogens with one attached hydrogen (secondary N) is 1. The van der Waals surface area contributed by atoms with Gasteiger partial charge >= 0.3 is 6.09 Å². The molecular formula is C12H15N3O4. The fourth-order valence-electron chi connectivity index (χ4n) is 1.91. The molecule has 0 aliphatic heterocycles. The number of fused-ring (bicyclic) bond motifs is 1. The molecule has 7 heteroatoms. The van der Waals surface area contributed by atoms with Crippen LogP contribution < -0.4 is 10.1 Å². The number of hydrogen-bond donors (Lipinski definition) is 2. The zero-order valence-corrected chi connectivity index (χ0v) is 10.7. The van der Waals surface area contributed by atoms with E-state index in [-0.39, 0.29) is 0 Å². The molecule has 1 amide bonds. The molecule has 1 aromatic carbocycles. The highest BCUT2D eigenvalue weighted by atomic mass is 16.5. The quantitative estimate of drug-likeness (QED) is 0.860. The van der Waals surface area contributed by atoms with E-state index in [1.54, 1.807) is 30.1 Å². The standard InChI is InChI=1S/C12H15N3O4/c1-18-6-5-15-10-8(7-13-15)3-4-9(11(10)19-2)14-12(16)17/h3-4,7,14H,5-6H2,1-2H3,(H,16,17). The Hall–Kier alpha value is -2.28. The molecule has 0 aliphatic carbocycles. The van der Waals surface area contributed by atoms with Crippen LogP contribution in [-0.2, 0) is 11.3 Å². The van der Waals surface area contributed by atoms with Gasteiger partial charge in [-0.05, 0) is 12.1 Å². The topological polar surface area (TPSA) is 85.6 Å². The second-order valence-electron chi connectivity index (χ2n) is 3.87. The van der Waals surface area contributed by atoms with E-state index in [4.69, 9.17) is 14.6 Å². The number of carboxylic acid groups (broad SMARTS) is 1. The van der Waals surface area contributed by atoms with E-state index in [9.17, 15) is 4.79 Å². The summed E-state index contributed by atoms with van der Waals surface area (Å²) in [5.41, 5.74) is 1.13. The van der Waals surface area contributed by atoms with Crippen LogP contribution in [0.3, 0.4) is 0 Å². The summed E-state index contributed by atoms with van der Waals surface area (Å²) in [7, 11) is 3.11. The first kappa shape index (κ1) is 13.2. The lowest BCUT2D eigenvalue weighted by molar-refractivity contribution is 0.184. The Morgan fingerprint density at radius 1 is 1.47 bits per heavy atom. The summed E-state index contributed by atoms with van der Waals surface area (Å²) in [5, 5.41) is 16.2. The van der Waals surface area contributed by atoms with Crippen molar-refractivity contribution in [1.29, 1.82) is 0 Å². The molecule has 1 heterocycles. The Labute approximate surface area is 109 Å². The molecule has 2 aromatic rings. The predicted molar refractivity (Wildman–Crippen MR) is 69.8 cm³/mol. The molecule has 0 bridgehead atoms. The van der Waals surface area contributed by atoms with Gasteiger partial charge in [0.15, 0.2) is 5.75 Å². The zero-order chi connectivity index (χ0) is 13.8. The molecule has 19 heavy (non-hydrogen) atoms. The van der Waals surface area contributed by atoms with Crippen molar-refractivity contribution in [3.8, 4) is 5.75 Å². The first-order valence-corrected chi connectivity index (χ1v) is 5.68. The van der Waals surface area contributed by atoms with Crippen LogP contribution in [0.5, 0.6) is 5.75 Å². The van der Waals surface area contributed by atoms with Crippen LogP contribution in [0.15, 0.2) is 18.3 Å². The van der Waals surface area contributed by atoms with Gasteiger partial charge < -0.3 is 14.6 Å². The van der Waals surface area contributed by atoms with Gasteiger partial charge in [-0.3, -0.25) is 10.00 Å². The molecule has 0 saturated heterocycles. The maximum atomic E-state index is 10.8. The first-order valence-electron chi connectivity index (χ1n) is 5.68. The largest absolute Gasteiger partial charge is 0.492 e. The molecule has 0 aliphatic rings. The molecule has 0 radical (unpaired) electrons. The summed E-state index contributed by atoms with van der Waals surface area (Å²) in [6.45, 7) is 1.07. The Kier molecular flexibility index (Phi) is 3.86. The number of carbonyl (C=O) groups is 1. The smallest absolute Gasteiger partial charge is 0.409 e. The maximum absolute atomic E-state index is 10.8. The van der Waals surface area contributed by atoms with E-state index in [2.05, 4.69) is 10.4 Å². The van der Waals surface area contributed by atoms with Crippen LogP contribution in [-0.4, -0.2) is 41.8 Å². The highest BCUT2D eigenvalue weighted by Gasteiger charge is 2.14. The summed E-state index contributed by atoms with van der Waals surface area (Å²) in [6, 6.07) is 3.44. The number of ether oxygens (including phenoxy) is 2. The number of anilines is 1. The van der Waals surface area contributed by atoms with Crippen LogP contribution in [0.2, 0.25) is 0 Å². The molecule has 2 N–H and O–H groups in total. The summed E-state index contributed by atoms with van der Waals surface area (Å²) in [4.78, 5) is 10.8. The second-order valence-corrected chi connectivity index (χ2v) is 3.87. The van der Waals surface area contributed by atoms with Crippen LogP contribution in [0.4, 0.5) is 10.5 Å². The molecule has 0 unspecified atom stereocenters. The molecule has 7 nitrogen and oxygen atoms in total. The molecular weight excluding hydrogens is 250 g/mol. The number of hydrogen-bond acceptors (Lipinski definition) is 4. The van der Waals surface area contributed by atoms with Crippen molar-refractivity contribution in [2.75, 3.05) is 26.1 Å². The van der Waals surface area contributed by atoms with Crippen molar-refractivity contribution in [2.24, 2.45) is 0 Å². The minimum atomic E-state index is -1.14. The number of methoxy groups -OCH3 is 2. The van der Waals surface area contributed by atoms with Crippen molar-refractivity contribution in [1.82, 2.24) is 9.78 Å². The van der Waals surface area contributed by atoms with Gasteiger partial charge in [-0.2, -0.15) is 5.10 Å².